The maximum atomic E-state index is 12.7. The van der Waals surface area contributed by atoms with Crippen LogP contribution in [0.3, 0.4) is 0 Å². The van der Waals surface area contributed by atoms with Crippen LogP contribution in [-0.4, -0.2) is 35.8 Å². The Kier molecular flexibility index (Phi) is 7.17. The zero-order valence-electron chi connectivity index (χ0n) is 15.4. The van der Waals surface area contributed by atoms with E-state index in [9.17, 15) is 9.59 Å². The molecule has 0 atom stereocenters. The van der Waals surface area contributed by atoms with Crippen molar-refractivity contribution < 1.29 is 19.1 Å². The summed E-state index contributed by atoms with van der Waals surface area (Å²) < 4.78 is 12.2. The van der Waals surface area contributed by atoms with Crippen LogP contribution in [0.25, 0.3) is 6.08 Å². The van der Waals surface area contributed by atoms with E-state index in [0.717, 1.165) is 28.2 Å². The molecule has 5 nitrogen and oxygen atoms in total. The number of benzene rings is 2. The average Bonchev–Trinajstić information content (AvgIpc) is 2.95. The lowest BCUT2D eigenvalue weighted by Crippen LogP contribution is -2.32. The van der Waals surface area contributed by atoms with Crippen LogP contribution in [-0.2, 0) is 4.79 Å². The van der Waals surface area contributed by atoms with Crippen LogP contribution in [0.2, 0.25) is 0 Å². The molecule has 1 fully saturated rings. The summed E-state index contributed by atoms with van der Waals surface area (Å²) in [5, 5.41) is -0.293. The van der Waals surface area contributed by atoms with Crippen molar-refractivity contribution in [3.63, 3.8) is 0 Å². The number of hydrogen-bond acceptors (Lipinski definition) is 5. The number of halogens is 1. The fourth-order valence-electron chi connectivity index (χ4n) is 2.58. The highest BCUT2D eigenvalue weighted by molar-refractivity contribution is 9.10. The van der Waals surface area contributed by atoms with Gasteiger partial charge in [0.25, 0.3) is 11.1 Å². The van der Waals surface area contributed by atoms with Crippen molar-refractivity contribution in [1.82, 2.24) is 4.90 Å². The maximum absolute atomic E-state index is 12.7. The molecule has 1 aliphatic heterocycles. The molecule has 0 aromatic heterocycles. The van der Waals surface area contributed by atoms with Gasteiger partial charge in [-0.15, -0.1) is 0 Å². The molecule has 1 saturated heterocycles. The Bertz CT molecular complexity index is 885. The van der Waals surface area contributed by atoms with Crippen LogP contribution in [0.15, 0.2) is 57.9 Å². The Balaban J connectivity index is 1.70. The molecule has 0 N–H and O–H groups in total. The SMILES string of the molecule is CCCOc1ccc(Br)cc1/C=C1\SC(=O)N(CCOc2ccccc2)C1=O. The summed E-state index contributed by atoms with van der Waals surface area (Å²) in [5.74, 6) is 1.08. The van der Waals surface area contributed by atoms with Crippen LogP contribution in [0.5, 0.6) is 11.5 Å². The van der Waals surface area contributed by atoms with Gasteiger partial charge in [0.05, 0.1) is 18.1 Å². The first-order valence-electron chi connectivity index (χ1n) is 8.94. The molecule has 2 aromatic carbocycles. The highest BCUT2D eigenvalue weighted by atomic mass is 79.9. The van der Waals surface area contributed by atoms with Gasteiger partial charge in [0.2, 0.25) is 0 Å². The van der Waals surface area contributed by atoms with Gasteiger partial charge < -0.3 is 9.47 Å². The molecule has 28 heavy (non-hydrogen) atoms. The van der Waals surface area contributed by atoms with Crippen LogP contribution < -0.4 is 9.47 Å². The summed E-state index contributed by atoms with van der Waals surface area (Å²) in [7, 11) is 0. The number of nitrogens with zero attached hydrogens (tertiary/aromatic N) is 1. The van der Waals surface area contributed by atoms with Crippen LogP contribution in [0.4, 0.5) is 4.79 Å². The molecule has 1 aliphatic rings. The largest absolute Gasteiger partial charge is 0.493 e. The minimum absolute atomic E-state index is 0.203. The Morgan fingerprint density at radius 2 is 1.86 bits per heavy atom. The summed E-state index contributed by atoms with van der Waals surface area (Å²) in [4.78, 5) is 26.6. The molecule has 0 aliphatic carbocycles. The second-order valence-electron chi connectivity index (χ2n) is 6.03. The van der Waals surface area contributed by atoms with Gasteiger partial charge >= 0.3 is 0 Å². The van der Waals surface area contributed by atoms with Crippen molar-refractivity contribution >= 4 is 44.9 Å². The predicted molar refractivity (Wildman–Crippen MR) is 115 cm³/mol. The van der Waals surface area contributed by atoms with Gasteiger partial charge in [0.15, 0.2) is 0 Å². The van der Waals surface area contributed by atoms with Gasteiger partial charge in [-0.3, -0.25) is 14.5 Å². The van der Waals surface area contributed by atoms with E-state index in [4.69, 9.17) is 9.47 Å². The summed E-state index contributed by atoms with van der Waals surface area (Å²) in [5.41, 5.74) is 0.758. The smallest absolute Gasteiger partial charge is 0.293 e. The first-order chi connectivity index (χ1) is 13.6. The Labute approximate surface area is 176 Å². The minimum Gasteiger partial charge on any atom is -0.493 e. The van der Waals surface area contributed by atoms with Gasteiger partial charge in [-0.1, -0.05) is 41.1 Å². The molecule has 0 unspecified atom stereocenters. The van der Waals surface area contributed by atoms with Crippen molar-refractivity contribution in [1.29, 1.82) is 0 Å². The maximum Gasteiger partial charge on any atom is 0.293 e. The van der Waals surface area contributed by atoms with E-state index < -0.39 is 0 Å². The van der Waals surface area contributed by atoms with Gasteiger partial charge in [-0.05, 0) is 54.6 Å². The molecule has 0 bridgehead atoms. The number of ether oxygens (including phenoxy) is 2. The number of thioether (sulfide) groups is 1. The molecule has 7 heteroatoms. The summed E-state index contributed by atoms with van der Waals surface area (Å²) in [6.07, 6.45) is 2.59. The number of hydrogen-bond donors (Lipinski definition) is 0. The third-order valence-electron chi connectivity index (χ3n) is 3.92. The second-order valence-corrected chi connectivity index (χ2v) is 7.93. The van der Waals surface area contributed by atoms with Crippen molar-refractivity contribution in [3.05, 3.63) is 63.5 Å². The highest BCUT2D eigenvalue weighted by Gasteiger charge is 2.35. The molecule has 0 radical (unpaired) electrons. The van der Waals surface area contributed by atoms with Crippen molar-refractivity contribution in [2.45, 2.75) is 13.3 Å². The summed E-state index contributed by atoms with van der Waals surface area (Å²) in [6.45, 7) is 3.06. The van der Waals surface area contributed by atoms with Gasteiger partial charge in [0.1, 0.15) is 18.1 Å². The molecule has 0 spiro atoms. The van der Waals surface area contributed by atoms with Gasteiger partial charge in [-0.25, -0.2) is 0 Å². The van der Waals surface area contributed by atoms with Crippen molar-refractivity contribution in [2.24, 2.45) is 0 Å². The molecular formula is C21H20BrNO4S. The Morgan fingerprint density at radius 3 is 2.61 bits per heavy atom. The molecule has 2 aromatic rings. The quantitative estimate of drug-likeness (QED) is 0.495. The van der Waals surface area contributed by atoms with E-state index in [0.29, 0.717) is 23.0 Å². The molecular weight excluding hydrogens is 442 g/mol. The van der Waals surface area contributed by atoms with Crippen LogP contribution >= 0.6 is 27.7 Å². The summed E-state index contributed by atoms with van der Waals surface area (Å²) in [6, 6.07) is 14.9. The first kappa shape index (κ1) is 20.5. The normalized spacial score (nSPS) is 15.4. The number of amides is 2. The molecule has 2 amide bonds. The van der Waals surface area contributed by atoms with E-state index in [1.165, 1.54) is 4.90 Å². The zero-order chi connectivity index (χ0) is 19.9. The van der Waals surface area contributed by atoms with E-state index >= 15 is 0 Å². The fraction of sp³-hybridized carbons (Fsp3) is 0.238. The van der Waals surface area contributed by atoms with E-state index in [1.54, 1.807) is 6.08 Å². The average molecular weight is 462 g/mol. The molecule has 0 saturated carbocycles. The van der Waals surface area contributed by atoms with Crippen LogP contribution in [0.1, 0.15) is 18.9 Å². The Morgan fingerprint density at radius 1 is 1.07 bits per heavy atom. The standard InChI is InChI=1S/C21H20BrNO4S/c1-2-11-27-18-9-8-16(22)13-15(18)14-19-20(24)23(21(25)28-19)10-12-26-17-6-4-3-5-7-17/h3-9,13-14H,2,10-12H2,1H3/b19-14-. The van der Waals surface area contributed by atoms with Crippen molar-refractivity contribution in [3.8, 4) is 11.5 Å². The minimum atomic E-state index is -0.312. The predicted octanol–water partition coefficient (Wildman–Crippen LogP) is 5.35. The highest BCUT2D eigenvalue weighted by Crippen LogP contribution is 2.34. The lowest BCUT2D eigenvalue weighted by Gasteiger charge is -2.13. The van der Waals surface area contributed by atoms with Crippen LogP contribution in [0, 0.1) is 0 Å². The monoisotopic (exact) mass is 461 g/mol. The van der Waals surface area contributed by atoms with Gasteiger partial charge in [0, 0.05) is 10.0 Å². The number of imide groups is 1. The molecule has 1 heterocycles. The number of para-hydroxylation sites is 1. The molecule has 3 rings (SSSR count). The lowest BCUT2D eigenvalue weighted by molar-refractivity contribution is -0.123. The Hall–Kier alpha value is -2.25. The fourth-order valence-corrected chi connectivity index (χ4v) is 3.82. The van der Waals surface area contributed by atoms with Gasteiger partial charge in [-0.2, -0.15) is 0 Å². The number of carbonyl (C=O) groups is 2. The first-order valence-corrected chi connectivity index (χ1v) is 10.5. The third kappa shape index (κ3) is 5.17. The zero-order valence-corrected chi connectivity index (χ0v) is 17.8. The van der Waals surface area contributed by atoms with E-state index in [2.05, 4.69) is 15.9 Å². The van der Waals surface area contributed by atoms with Crippen molar-refractivity contribution in [2.75, 3.05) is 19.8 Å². The summed E-state index contributed by atoms with van der Waals surface area (Å²) >= 11 is 4.37. The lowest BCUT2D eigenvalue weighted by atomic mass is 10.2. The second kappa shape index (κ2) is 9.80. The van der Waals surface area contributed by atoms with E-state index in [-0.39, 0.29) is 24.3 Å². The number of carbonyl (C=O) groups excluding carboxylic acids is 2. The number of rotatable bonds is 8. The molecule has 146 valence electrons. The van der Waals surface area contributed by atoms with E-state index in [1.807, 2.05) is 55.5 Å². The topological polar surface area (TPSA) is 55.8 Å². The third-order valence-corrected chi connectivity index (χ3v) is 5.32.